The van der Waals surface area contributed by atoms with Gasteiger partial charge in [0.25, 0.3) is 0 Å². The Hall–Kier alpha value is -1.78. The third-order valence-corrected chi connectivity index (χ3v) is 5.22. The number of fused-ring (bicyclic) bond motifs is 2. The number of carbonyl (C=O) groups excluding carboxylic acids is 1. The van der Waals surface area contributed by atoms with Crippen LogP contribution < -0.4 is 0 Å². The van der Waals surface area contributed by atoms with Crippen molar-refractivity contribution >= 4 is 39.6 Å². The summed E-state index contributed by atoms with van der Waals surface area (Å²) in [5, 5.41) is 2.45. The first kappa shape index (κ1) is 12.9. The Labute approximate surface area is 130 Å². The molecule has 21 heavy (non-hydrogen) atoms. The second kappa shape index (κ2) is 4.90. The number of ketones is 1. The zero-order valence-corrected chi connectivity index (χ0v) is 12.7. The molecule has 0 bridgehead atoms. The molecule has 1 aliphatic carbocycles. The first-order valence-electron chi connectivity index (χ1n) is 6.80. The molecule has 0 saturated carbocycles. The lowest BCUT2D eigenvalue weighted by atomic mass is 10.0. The van der Waals surface area contributed by atoms with Crippen LogP contribution in [0.4, 0.5) is 0 Å². The Balaban J connectivity index is 1.95. The molecule has 1 aromatic carbocycles. The van der Waals surface area contributed by atoms with Crippen LogP contribution in [0.1, 0.15) is 28.2 Å². The zero-order chi connectivity index (χ0) is 14.4. The lowest BCUT2D eigenvalue weighted by Gasteiger charge is -2.06. The van der Waals surface area contributed by atoms with Crippen molar-refractivity contribution < 1.29 is 4.79 Å². The molecule has 0 fully saturated rings. The van der Waals surface area contributed by atoms with Gasteiger partial charge in [-0.25, -0.2) is 4.98 Å². The van der Waals surface area contributed by atoms with Gasteiger partial charge >= 0.3 is 0 Å². The van der Waals surface area contributed by atoms with E-state index in [2.05, 4.69) is 9.97 Å². The van der Waals surface area contributed by atoms with Crippen LogP contribution in [-0.4, -0.2) is 15.8 Å². The molecular formula is C16H11ClN2OS. The lowest BCUT2D eigenvalue weighted by Crippen LogP contribution is -2.07. The molecule has 2 aromatic heterocycles. The van der Waals surface area contributed by atoms with Gasteiger partial charge in [0.1, 0.15) is 5.01 Å². The highest BCUT2D eigenvalue weighted by Gasteiger charge is 2.23. The van der Waals surface area contributed by atoms with Crippen molar-refractivity contribution in [3.05, 3.63) is 46.1 Å². The third kappa shape index (κ3) is 2.06. The molecule has 0 spiro atoms. The maximum absolute atomic E-state index is 12.0. The second-order valence-electron chi connectivity index (χ2n) is 5.07. The van der Waals surface area contributed by atoms with E-state index in [9.17, 15) is 4.79 Å². The number of hydrogen-bond acceptors (Lipinski definition) is 4. The molecule has 0 amide bonds. The smallest absolute Gasteiger partial charge is 0.174 e. The molecule has 0 atom stereocenters. The van der Waals surface area contributed by atoms with Crippen molar-refractivity contribution in [2.45, 2.75) is 19.3 Å². The van der Waals surface area contributed by atoms with Crippen molar-refractivity contribution in [1.82, 2.24) is 9.97 Å². The van der Waals surface area contributed by atoms with E-state index in [0.717, 1.165) is 44.9 Å². The molecule has 3 aromatic rings. The largest absolute Gasteiger partial charge is 0.293 e. The summed E-state index contributed by atoms with van der Waals surface area (Å²) < 4.78 is 0. The average molecular weight is 315 g/mol. The standard InChI is InChI=1S/C16H11ClN2OS/c17-11-7-6-10(14-9(11)3-2-8-18-14)16-19-12-4-1-5-13(20)15(12)21-16/h2-3,6-8H,1,4-5H2. The normalized spacial score (nSPS) is 14.4. The van der Waals surface area contributed by atoms with E-state index in [0.29, 0.717) is 11.4 Å². The summed E-state index contributed by atoms with van der Waals surface area (Å²) in [4.78, 5) is 21.9. The number of Topliss-reactive ketones (excluding diaryl/α,β-unsaturated/α-hetero) is 1. The Bertz CT molecular complexity index is 872. The van der Waals surface area contributed by atoms with Gasteiger partial charge in [-0.15, -0.1) is 11.3 Å². The number of rotatable bonds is 1. The van der Waals surface area contributed by atoms with Crippen LogP contribution in [0.15, 0.2) is 30.5 Å². The molecule has 2 heterocycles. The summed E-state index contributed by atoms with van der Waals surface area (Å²) in [7, 11) is 0. The number of halogens is 1. The van der Waals surface area contributed by atoms with Crippen LogP contribution in [0.2, 0.25) is 5.02 Å². The van der Waals surface area contributed by atoms with Crippen LogP contribution in [0.5, 0.6) is 0 Å². The van der Waals surface area contributed by atoms with E-state index < -0.39 is 0 Å². The molecule has 1 aliphatic rings. The molecule has 4 rings (SSSR count). The Morgan fingerprint density at radius 2 is 2.10 bits per heavy atom. The lowest BCUT2D eigenvalue weighted by molar-refractivity contribution is 0.0976. The monoisotopic (exact) mass is 314 g/mol. The number of aromatic nitrogens is 2. The summed E-state index contributed by atoms with van der Waals surface area (Å²) in [5.74, 6) is 0.214. The van der Waals surface area contributed by atoms with Gasteiger partial charge in [-0.1, -0.05) is 11.6 Å². The molecule has 104 valence electrons. The average Bonchev–Trinajstić information content (AvgIpc) is 2.93. The van der Waals surface area contributed by atoms with Crippen molar-refractivity contribution in [1.29, 1.82) is 0 Å². The van der Waals surface area contributed by atoms with Crippen LogP contribution >= 0.6 is 22.9 Å². The van der Waals surface area contributed by atoms with Crippen LogP contribution in [0.3, 0.4) is 0 Å². The molecule has 3 nitrogen and oxygen atoms in total. The van der Waals surface area contributed by atoms with E-state index in [1.165, 1.54) is 11.3 Å². The van der Waals surface area contributed by atoms with Gasteiger partial charge < -0.3 is 0 Å². The van der Waals surface area contributed by atoms with Crippen molar-refractivity contribution in [3.63, 3.8) is 0 Å². The van der Waals surface area contributed by atoms with E-state index in [4.69, 9.17) is 11.6 Å². The van der Waals surface area contributed by atoms with E-state index >= 15 is 0 Å². The summed E-state index contributed by atoms with van der Waals surface area (Å²) in [6, 6.07) is 7.62. The van der Waals surface area contributed by atoms with Gasteiger partial charge in [0, 0.05) is 23.6 Å². The van der Waals surface area contributed by atoms with Gasteiger partial charge in [0.2, 0.25) is 0 Å². The Morgan fingerprint density at radius 1 is 1.19 bits per heavy atom. The van der Waals surface area contributed by atoms with Crippen LogP contribution in [0, 0.1) is 0 Å². The molecular weight excluding hydrogens is 304 g/mol. The minimum Gasteiger partial charge on any atom is -0.293 e. The van der Waals surface area contributed by atoms with Crippen LogP contribution in [-0.2, 0) is 6.42 Å². The summed E-state index contributed by atoms with van der Waals surface area (Å²) in [6.07, 6.45) is 4.17. The minimum atomic E-state index is 0.214. The zero-order valence-electron chi connectivity index (χ0n) is 11.1. The third-order valence-electron chi connectivity index (χ3n) is 3.71. The number of aryl methyl sites for hydroxylation is 1. The molecule has 0 aliphatic heterocycles. The highest BCUT2D eigenvalue weighted by Crippen LogP contribution is 2.37. The summed E-state index contributed by atoms with van der Waals surface area (Å²) in [5.41, 5.74) is 2.72. The number of pyridine rings is 1. The van der Waals surface area contributed by atoms with Crippen LogP contribution in [0.25, 0.3) is 21.5 Å². The molecule has 0 unspecified atom stereocenters. The van der Waals surface area contributed by atoms with Crippen molar-refractivity contribution in [2.75, 3.05) is 0 Å². The van der Waals surface area contributed by atoms with E-state index in [-0.39, 0.29) is 5.78 Å². The Kier molecular flexibility index (Phi) is 3.01. The number of carbonyl (C=O) groups is 1. The predicted octanol–water partition coefficient (Wildman–Crippen LogP) is 4.53. The fourth-order valence-corrected chi connectivity index (χ4v) is 4.02. The molecule has 0 N–H and O–H groups in total. The van der Waals surface area contributed by atoms with Gasteiger partial charge in [0.05, 0.1) is 21.1 Å². The second-order valence-corrected chi connectivity index (χ2v) is 6.47. The minimum absolute atomic E-state index is 0.214. The maximum Gasteiger partial charge on any atom is 0.174 e. The first-order valence-corrected chi connectivity index (χ1v) is 8.00. The van der Waals surface area contributed by atoms with Crippen molar-refractivity contribution in [2.24, 2.45) is 0 Å². The molecule has 0 radical (unpaired) electrons. The van der Waals surface area contributed by atoms with Gasteiger partial charge in [0.15, 0.2) is 5.78 Å². The SMILES string of the molecule is O=C1CCCc2nc(-c3ccc(Cl)c4cccnc34)sc21. The quantitative estimate of drug-likeness (QED) is 0.662. The summed E-state index contributed by atoms with van der Waals surface area (Å²) in [6.45, 7) is 0. The van der Waals surface area contributed by atoms with E-state index in [1.54, 1.807) is 6.20 Å². The van der Waals surface area contributed by atoms with Gasteiger partial charge in [-0.2, -0.15) is 0 Å². The maximum atomic E-state index is 12.0. The predicted molar refractivity (Wildman–Crippen MR) is 85.1 cm³/mol. The fraction of sp³-hybridized carbons (Fsp3) is 0.188. The molecule has 0 saturated heterocycles. The highest BCUT2D eigenvalue weighted by molar-refractivity contribution is 7.17. The number of hydrogen-bond donors (Lipinski definition) is 0. The first-order chi connectivity index (χ1) is 10.2. The number of nitrogens with zero attached hydrogens (tertiary/aromatic N) is 2. The topological polar surface area (TPSA) is 42.9 Å². The number of benzene rings is 1. The van der Waals surface area contributed by atoms with Crippen molar-refractivity contribution in [3.8, 4) is 10.6 Å². The van der Waals surface area contributed by atoms with E-state index in [1.807, 2.05) is 24.3 Å². The number of thiazole rings is 1. The van der Waals surface area contributed by atoms with Gasteiger partial charge in [-0.3, -0.25) is 9.78 Å². The fourth-order valence-electron chi connectivity index (χ4n) is 2.69. The summed E-state index contributed by atoms with van der Waals surface area (Å²) >= 11 is 7.70. The highest BCUT2D eigenvalue weighted by atomic mass is 35.5. The van der Waals surface area contributed by atoms with Gasteiger partial charge in [-0.05, 0) is 37.1 Å². The molecule has 5 heteroatoms. The Morgan fingerprint density at radius 3 is 2.95 bits per heavy atom.